The van der Waals surface area contributed by atoms with Crippen LogP contribution in [0.4, 0.5) is 11.5 Å². The molecule has 1 aliphatic rings. The lowest BCUT2D eigenvalue weighted by atomic mass is 9.89. The number of anilines is 2. The highest BCUT2D eigenvalue weighted by Gasteiger charge is 2.34. The number of hydrogen-bond donors (Lipinski definition) is 3. The predicted octanol–water partition coefficient (Wildman–Crippen LogP) is 2.35. The van der Waals surface area contributed by atoms with E-state index in [9.17, 15) is 14.9 Å². The fraction of sp³-hybridized carbons (Fsp3) is 0.286. The Hall–Kier alpha value is -3.93. The smallest absolute Gasteiger partial charge is 0.314 e. The van der Waals surface area contributed by atoms with E-state index in [-0.39, 0.29) is 17.8 Å². The minimum Gasteiger partial charge on any atom is -0.383 e. The van der Waals surface area contributed by atoms with E-state index in [4.69, 9.17) is 5.73 Å². The number of nitrogens with two attached hydrogens (primary N) is 1. The molecular formula is C21H21N7O2. The molecule has 3 aromatic rings. The van der Waals surface area contributed by atoms with Crippen LogP contribution in [0.25, 0.3) is 10.9 Å². The van der Waals surface area contributed by atoms with Gasteiger partial charge in [-0.25, -0.2) is 4.98 Å². The van der Waals surface area contributed by atoms with E-state index in [0.717, 1.165) is 18.4 Å². The van der Waals surface area contributed by atoms with Crippen molar-refractivity contribution in [2.24, 2.45) is 5.92 Å². The summed E-state index contributed by atoms with van der Waals surface area (Å²) >= 11 is 0. The van der Waals surface area contributed by atoms with Gasteiger partial charge in [0.05, 0.1) is 46.7 Å². The number of nitrogen functional groups attached to an aromatic ring is 1. The zero-order chi connectivity index (χ0) is 21.3. The number of fused-ring (bicyclic) bond motifs is 1. The molecular weight excluding hydrogens is 382 g/mol. The Balaban J connectivity index is 1.60. The van der Waals surface area contributed by atoms with Gasteiger partial charge in [0.25, 0.3) is 0 Å². The Kier molecular flexibility index (Phi) is 5.06. The lowest BCUT2D eigenvalue weighted by Gasteiger charge is -2.38. The van der Waals surface area contributed by atoms with Crippen LogP contribution in [-0.4, -0.2) is 38.4 Å². The van der Waals surface area contributed by atoms with Crippen LogP contribution in [-0.2, 0) is 9.59 Å². The monoisotopic (exact) mass is 403 g/mol. The first-order valence-electron chi connectivity index (χ1n) is 9.67. The van der Waals surface area contributed by atoms with Crippen LogP contribution in [0.3, 0.4) is 0 Å². The molecule has 152 valence electrons. The van der Waals surface area contributed by atoms with Crippen molar-refractivity contribution < 1.29 is 9.59 Å². The van der Waals surface area contributed by atoms with Crippen molar-refractivity contribution in [1.82, 2.24) is 20.1 Å². The molecule has 3 heterocycles. The number of piperidine rings is 1. The first-order valence-corrected chi connectivity index (χ1v) is 9.67. The van der Waals surface area contributed by atoms with Gasteiger partial charge in [-0.05, 0) is 36.5 Å². The third-order valence-electron chi connectivity index (χ3n) is 5.44. The molecule has 0 unspecified atom stereocenters. The summed E-state index contributed by atoms with van der Waals surface area (Å²) < 4.78 is 0. The second-order valence-corrected chi connectivity index (χ2v) is 7.56. The molecule has 1 fully saturated rings. The summed E-state index contributed by atoms with van der Waals surface area (Å²) in [5, 5.41) is 19.1. The van der Waals surface area contributed by atoms with Gasteiger partial charge < -0.3 is 16.0 Å². The van der Waals surface area contributed by atoms with Crippen molar-refractivity contribution in [2.75, 3.05) is 17.6 Å². The molecule has 9 heteroatoms. The molecule has 2 aromatic heterocycles. The molecule has 2 amide bonds. The van der Waals surface area contributed by atoms with Crippen molar-refractivity contribution in [3.63, 3.8) is 0 Å². The standard InChI is InChI=1S/C21H21N7O2/c1-12-5-6-17(14-4-2-3-13(7-14)8-22)28(11-12)21(30)20(29)26-16-10-24-19(23)15-9-25-27-18(15)16/h2-4,7,9-10,12,17H,5-6,11H2,1H3,(H2,23,24)(H,25,27)(H,26,29)/t12-,17+/m0/s1. The third-order valence-corrected chi connectivity index (χ3v) is 5.44. The Morgan fingerprint density at radius 1 is 1.33 bits per heavy atom. The van der Waals surface area contributed by atoms with Gasteiger partial charge in [0.15, 0.2) is 0 Å². The van der Waals surface area contributed by atoms with E-state index < -0.39 is 11.8 Å². The lowest BCUT2D eigenvalue weighted by Crippen LogP contribution is -2.46. The maximum atomic E-state index is 13.1. The van der Waals surface area contributed by atoms with Crippen LogP contribution in [0.1, 0.15) is 36.9 Å². The summed E-state index contributed by atoms with van der Waals surface area (Å²) in [5.41, 5.74) is 8.04. The Morgan fingerprint density at radius 3 is 2.97 bits per heavy atom. The minimum absolute atomic E-state index is 0.260. The number of aromatic nitrogens is 3. The van der Waals surface area contributed by atoms with Gasteiger partial charge in [-0.15, -0.1) is 0 Å². The second-order valence-electron chi connectivity index (χ2n) is 7.56. The Morgan fingerprint density at radius 2 is 2.17 bits per heavy atom. The van der Waals surface area contributed by atoms with Crippen LogP contribution >= 0.6 is 0 Å². The highest BCUT2D eigenvalue weighted by molar-refractivity contribution is 6.40. The number of amides is 2. The van der Waals surface area contributed by atoms with E-state index in [1.54, 1.807) is 23.1 Å². The van der Waals surface area contributed by atoms with Crippen LogP contribution in [0, 0.1) is 17.2 Å². The van der Waals surface area contributed by atoms with Crippen LogP contribution in [0.5, 0.6) is 0 Å². The van der Waals surface area contributed by atoms with Crippen molar-refractivity contribution in [2.45, 2.75) is 25.8 Å². The van der Waals surface area contributed by atoms with Gasteiger partial charge in [0.2, 0.25) is 0 Å². The van der Waals surface area contributed by atoms with Crippen molar-refractivity contribution in [3.05, 3.63) is 47.8 Å². The maximum absolute atomic E-state index is 13.1. The average molecular weight is 403 g/mol. The lowest BCUT2D eigenvalue weighted by molar-refractivity contribution is -0.146. The molecule has 1 aromatic carbocycles. The summed E-state index contributed by atoms with van der Waals surface area (Å²) in [4.78, 5) is 31.6. The first kappa shape index (κ1) is 19.4. The van der Waals surface area contributed by atoms with Gasteiger partial charge >= 0.3 is 11.8 Å². The van der Waals surface area contributed by atoms with Gasteiger partial charge in [0, 0.05) is 6.54 Å². The molecule has 0 bridgehead atoms. The number of nitrogens with one attached hydrogen (secondary N) is 2. The van der Waals surface area contributed by atoms with E-state index in [0.29, 0.717) is 28.7 Å². The molecule has 0 spiro atoms. The zero-order valence-corrected chi connectivity index (χ0v) is 16.4. The van der Waals surface area contributed by atoms with Crippen LogP contribution in [0.2, 0.25) is 0 Å². The van der Waals surface area contributed by atoms with Crippen molar-refractivity contribution >= 4 is 34.2 Å². The second kappa shape index (κ2) is 7.83. The van der Waals surface area contributed by atoms with Gasteiger partial charge in [-0.2, -0.15) is 10.4 Å². The number of nitriles is 1. The minimum atomic E-state index is -0.756. The fourth-order valence-electron chi connectivity index (χ4n) is 3.89. The molecule has 0 radical (unpaired) electrons. The highest BCUT2D eigenvalue weighted by Crippen LogP contribution is 2.34. The topological polar surface area (TPSA) is 141 Å². The van der Waals surface area contributed by atoms with Crippen molar-refractivity contribution in [3.8, 4) is 6.07 Å². The number of likely N-dealkylation sites (tertiary alicyclic amines) is 1. The molecule has 1 aliphatic heterocycles. The average Bonchev–Trinajstić information content (AvgIpc) is 3.26. The Bertz CT molecular complexity index is 1160. The quantitative estimate of drug-likeness (QED) is 0.561. The fourth-order valence-corrected chi connectivity index (χ4v) is 3.89. The summed E-state index contributed by atoms with van der Waals surface area (Å²) in [6, 6.07) is 9.04. The molecule has 4 rings (SSSR count). The summed E-state index contributed by atoms with van der Waals surface area (Å²) in [5.74, 6) is -0.827. The molecule has 4 N–H and O–H groups in total. The summed E-state index contributed by atoms with van der Waals surface area (Å²) in [6.45, 7) is 2.52. The number of hydrogen-bond acceptors (Lipinski definition) is 6. The van der Waals surface area contributed by atoms with Crippen LogP contribution in [0.15, 0.2) is 36.7 Å². The Labute approximate surface area is 172 Å². The van der Waals surface area contributed by atoms with E-state index in [1.165, 1.54) is 12.4 Å². The number of aromatic amines is 1. The highest BCUT2D eigenvalue weighted by atomic mass is 16.2. The van der Waals surface area contributed by atoms with Crippen molar-refractivity contribution in [1.29, 1.82) is 5.26 Å². The maximum Gasteiger partial charge on any atom is 0.314 e. The molecule has 0 aliphatic carbocycles. The third kappa shape index (κ3) is 3.55. The number of carbonyl (C=O) groups excluding carboxylic acids is 2. The van der Waals surface area contributed by atoms with Gasteiger partial charge in [-0.3, -0.25) is 14.7 Å². The molecule has 2 atom stereocenters. The van der Waals surface area contributed by atoms with E-state index in [1.807, 2.05) is 6.07 Å². The van der Waals surface area contributed by atoms with E-state index >= 15 is 0 Å². The van der Waals surface area contributed by atoms with Crippen LogP contribution < -0.4 is 11.1 Å². The molecule has 30 heavy (non-hydrogen) atoms. The largest absolute Gasteiger partial charge is 0.383 e. The number of rotatable bonds is 2. The normalized spacial score (nSPS) is 18.7. The van der Waals surface area contributed by atoms with Gasteiger partial charge in [-0.1, -0.05) is 19.1 Å². The number of nitrogens with zero attached hydrogens (tertiary/aromatic N) is 4. The molecule has 0 saturated carbocycles. The molecule has 9 nitrogen and oxygen atoms in total. The van der Waals surface area contributed by atoms with Gasteiger partial charge in [0.1, 0.15) is 5.82 Å². The zero-order valence-electron chi connectivity index (χ0n) is 16.4. The number of carbonyl (C=O) groups is 2. The SMILES string of the molecule is C[C@H]1CC[C@H](c2cccc(C#N)c2)N(C(=O)C(=O)Nc2cnc(N)c3cn[nH]c23)C1. The first-order chi connectivity index (χ1) is 14.5. The number of benzene rings is 1. The predicted molar refractivity (Wildman–Crippen MR) is 111 cm³/mol. The number of pyridine rings is 1. The number of H-pyrrole nitrogens is 1. The summed E-state index contributed by atoms with van der Waals surface area (Å²) in [6.07, 6.45) is 4.57. The summed E-state index contributed by atoms with van der Waals surface area (Å²) in [7, 11) is 0. The molecule has 1 saturated heterocycles. The van der Waals surface area contributed by atoms with E-state index in [2.05, 4.69) is 33.5 Å².